The van der Waals surface area contributed by atoms with Crippen molar-refractivity contribution in [3.05, 3.63) is 47.7 Å². The van der Waals surface area contributed by atoms with E-state index in [1.807, 2.05) is 0 Å². The lowest BCUT2D eigenvalue weighted by Crippen LogP contribution is -2.10. The molecule has 0 spiro atoms. The molecule has 0 amide bonds. The van der Waals surface area contributed by atoms with Gasteiger partial charge in [-0.25, -0.2) is 15.0 Å². The maximum atomic E-state index is 13.1. The van der Waals surface area contributed by atoms with Gasteiger partial charge in [-0.3, -0.25) is 0 Å². The fraction of sp³-hybridized carbons (Fsp3) is 0.0714. The van der Waals surface area contributed by atoms with E-state index in [2.05, 4.69) is 25.6 Å². The van der Waals surface area contributed by atoms with Crippen molar-refractivity contribution in [2.75, 3.05) is 16.4 Å². The molecule has 0 bridgehead atoms. The Hall–Kier alpha value is -2.88. The summed E-state index contributed by atoms with van der Waals surface area (Å²) in [6.45, 7) is 0. The highest BCUT2D eigenvalue weighted by atomic mass is 32.1. The lowest BCUT2D eigenvalue weighted by atomic mass is 10.1. The molecule has 0 radical (unpaired) electrons. The van der Waals surface area contributed by atoms with Gasteiger partial charge in [0, 0.05) is 11.6 Å². The number of hydrogen-bond donors (Lipinski definition) is 3. The standard InChI is InChI=1S/C14H11F3N6S/c15-14(16,17)8-3-1-2-4-9(8)22-11-10(18)12(21-7-20-11)23-13-19-5-6-24-13/h1-7H,18H2,(H2,19,20,21,22,23). The van der Waals surface area contributed by atoms with E-state index in [0.717, 1.165) is 6.07 Å². The summed E-state index contributed by atoms with van der Waals surface area (Å²) < 4.78 is 39.2. The van der Waals surface area contributed by atoms with E-state index < -0.39 is 11.7 Å². The van der Waals surface area contributed by atoms with E-state index in [9.17, 15) is 13.2 Å². The average Bonchev–Trinajstić information content (AvgIpc) is 3.04. The molecule has 0 fully saturated rings. The Balaban J connectivity index is 1.92. The summed E-state index contributed by atoms with van der Waals surface area (Å²) in [5, 5.41) is 7.83. The number of para-hydroxylation sites is 1. The molecule has 3 rings (SSSR count). The predicted octanol–water partition coefficient (Wildman–Crippen LogP) is 4.02. The Labute approximate surface area is 138 Å². The third kappa shape index (κ3) is 3.38. The van der Waals surface area contributed by atoms with Crippen LogP contribution in [0.2, 0.25) is 0 Å². The van der Waals surface area contributed by atoms with Crippen molar-refractivity contribution < 1.29 is 13.2 Å². The maximum Gasteiger partial charge on any atom is 0.418 e. The first-order valence-electron chi connectivity index (χ1n) is 6.65. The lowest BCUT2D eigenvalue weighted by molar-refractivity contribution is -0.136. The quantitative estimate of drug-likeness (QED) is 0.657. The fourth-order valence-corrected chi connectivity index (χ4v) is 2.48. The molecule has 0 aliphatic carbocycles. The second kappa shape index (κ2) is 6.32. The Kier molecular flexibility index (Phi) is 4.21. The highest BCUT2D eigenvalue weighted by molar-refractivity contribution is 7.13. The number of nitrogens with zero attached hydrogens (tertiary/aromatic N) is 3. The highest BCUT2D eigenvalue weighted by Gasteiger charge is 2.33. The first-order chi connectivity index (χ1) is 11.4. The molecular weight excluding hydrogens is 341 g/mol. The van der Waals surface area contributed by atoms with Crippen LogP contribution in [0.1, 0.15) is 5.56 Å². The number of nitrogen functional groups attached to an aromatic ring is 1. The zero-order chi connectivity index (χ0) is 17.2. The van der Waals surface area contributed by atoms with Gasteiger partial charge in [0.25, 0.3) is 0 Å². The van der Waals surface area contributed by atoms with Gasteiger partial charge in [-0.2, -0.15) is 13.2 Å². The number of rotatable bonds is 4. The van der Waals surface area contributed by atoms with E-state index in [4.69, 9.17) is 5.73 Å². The number of anilines is 5. The van der Waals surface area contributed by atoms with Crippen LogP contribution < -0.4 is 16.4 Å². The number of nitrogens with two attached hydrogens (primary N) is 1. The minimum atomic E-state index is -4.49. The van der Waals surface area contributed by atoms with Crippen molar-refractivity contribution in [2.45, 2.75) is 6.18 Å². The van der Waals surface area contributed by atoms with Gasteiger partial charge in [-0.1, -0.05) is 12.1 Å². The molecule has 10 heteroatoms. The summed E-state index contributed by atoms with van der Waals surface area (Å²) in [5.74, 6) is 0.327. The fourth-order valence-electron chi connectivity index (χ4n) is 1.95. The molecule has 0 atom stereocenters. The number of aromatic nitrogens is 3. The van der Waals surface area contributed by atoms with Crippen molar-refractivity contribution in [2.24, 2.45) is 0 Å². The SMILES string of the molecule is Nc1c(Nc2nccs2)ncnc1Nc1ccccc1C(F)(F)F. The Morgan fingerprint density at radius 1 is 1.00 bits per heavy atom. The van der Waals surface area contributed by atoms with Gasteiger partial charge >= 0.3 is 6.18 Å². The van der Waals surface area contributed by atoms with E-state index in [1.165, 1.54) is 35.9 Å². The second-order valence-electron chi connectivity index (χ2n) is 4.62. The molecule has 124 valence electrons. The van der Waals surface area contributed by atoms with Crippen LogP contribution in [0.3, 0.4) is 0 Å². The van der Waals surface area contributed by atoms with Crippen molar-refractivity contribution in [1.82, 2.24) is 15.0 Å². The summed E-state index contributed by atoms with van der Waals surface area (Å²) in [4.78, 5) is 11.9. The van der Waals surface area contributed by atoms with Crippen molar-refractivity contribution in [3.63, 3.8) is 0 Å². The number of alkyl halides is 3. The van der Waals surface area contributed by atoms with Crippen LogP contribution in [0, 0.1) is 0 Å². The number of benzene rings is 1. The molecule has 0 saturated carbocycles. The number of hydrogen-bond acceptors (Lipinski definition) is 7. The molecule has 2 heterocycles. The van der Waals surface area contributed by atoms with Gasteiger partial charge in [0.1, 0.15) is 12.0 Å². The van der Waals surface area contributed by atoms with Gasteiger partial charge in [0.05, 0.1) is 11.3 Å². The lowest BCUT2D eigenvalue weighted by Gasteiger charge is -2.15. The minimum absolute atomic E-state index is 0.0701. The molecule has 4 N–H and O–H groups in total. The Morgan fingerprint density at radius 2 is 1.71 bits per heavy atom. The largest absolute Gasteiger partial charge is 0.418 e. The Bertz CT molecular complexity index is 835. The third-order valence-corrected chi connectivity index (χ3v) is 3.72. The van der Waals surface area contributed by atoms with E-state index >= 15 is 0 Å². The molecule has 0 unspecified atom stereocenters. The van der Waals surface area contributed by atoms with Crippen LogP contribution in [0.5, 0.6) is 0 Å². The summed E-state index contributed by atoms with van der Waals surface area (Å²) in [5.41, 5.74) is 5.09. The van der Waals surface area contributed by atoms with E-state index in [1.54, 1.807) is 11.6 Å². The molecule has 0 aliphatic heterocycles. The van der Waals surface area contributed by atoms with Crippen LogP contribution in [0.25, 0.3) is 0 Å². The smallest absolute Gasteiger partial charge is 0.393 e. The van der Waals surface area contributed by atoms with Crippen LogP contribution in [0.15, 0.2) is 42.2 Å². The topological polar surface area (TPSA) is 88.8 Å². The average molecular weight is 352 g/mol. The van der Waals surface area contributed by atoms with Crippen LogP contribution in [-0.2, 0) is 6.18 Å². The number of halogens is 3. The van der Waals surface area contributed by atoms with Crippen LogP contribution in [-0.4, -0.2) is 15.0 Å². The van der Waals surface area contributed by atoms with E-state index in [0.29, 0.717) is 5.13 Å². The highest BCUT2D eigenvalue weighted by Crippen LogP contribution is 2.37. The maximum absolute atomic E-state index is 13.1. The molecule has 0 saturated heterocycles. The van der Waals surface area contributed by atoms with Gasteiger partial charge in [0.2, 0.25) is 0 Å². The Morgan fingerprint density at radius 3 is 2.38 bits per heavy atom. The number of thiazole rings is 1. The van der Waals surface area contributed by atoms with Crippen LogP contribution >= 0.6 is 11.3 Å². The zero-order valence-corrected chi connectivity index (χ0v) is 12.8. The molecule has 3 aromatic rings. The molecule has 24 heavy (non-hydrogen) atoms. The summed E-state index contributed by atoms with van der Waals surface area (Å²) in [6, 6.07) is 5.09. The normalized spacial score (nSPS) is 11.3. The first-order valence-corrected chi connectivity index (χ1v) is 7.53. The minimum Gasteiger partial charge on any atom is -0.393 e. The first kappa shape index (κ1) is 16.0. The molecule has 6 nitrogen and oxygen atoms in total. The van der Waals surface area contributed by atoms with Crippen LogP contribution in [0.4, 0.5) is 41.3 Å². The van der Waals surface area contributed by atoms with Crippen molar-refractivity contribution >= 4 is 39.5 Å². The van der Waals surface area contributed by atoms with Crippen molar-refractivity contribution in [3.8, 4) is 0 Å². The third-order valence-electron chi connectivity index (χ3n) is 3.03. The zero-order valence-electron chi connectivity index (χ0n) is 12.0. The van der Waals surface area contributed by atoms with Gasteiger partial charge < -0.3 is 16.4 Å². The summed E-state index contributed by atoms with van der Waals surface area (Å²) >= 11 is 1.33. The molecule has 1 aromatic carbocycles. The number of nitrogens with one attached hydrogen (secondary N) is 2. The van der Waals surface area contributed by atoms with E-state index in [-0.39, 0.29) is 23.0 Å². The predicted molar refractivity (Wildman–Crippen MR) is 86.6 cm³/mol. The summed E-state index contributed by atoms with van der Waals surface area (Å²) in [6.07, 6.45) is -1.69. The van der Waals surface area contributed by atoms with Crippen molar-refractivity contribution in [1.29, 1.82) is 0 Å². The molecule has 2 aromatic heterocycles. The molecule has 0 aliphatic rings. The van der Waals surface area contributed by atoms with Gasteiger partial charge in [-0.05, 0) is 12.1 Å². The molecular formula is C14H11F3N6S. The monoisotopic (exact) mass is 352 g/mol. The van der Waals surface area contributed by atoms with Gasteiger partial charge in [-0.15, -0.1) is 11.3 Å². The second-order valence-corrected chi connectivity index (χ2v) is 5.51. The van der Waals surface area contributed by atoms with Gasteiger partial charge in [0.15, 0.2) is 16.8 Å². The summed E-state index contributed by atoms with van der Waals surface area (Å²) in [7, 11) is 0.